The molecule has 1 aromatic carbocycles. The molecule has 1 aliphatic carbocycles. The molecular weight excluding hydrogens is 364 g/mol. The van der Waals surface area contributed by atoms with Crippen LogP contribution in [0.4, 0.5) is 5.69 Å². The number of benzene rings is 1. The predicted molar refractivity (Wildman–Crippen MR) is 115 cm³/mol. The molecule has 2 fully saturated rings. The van der Waals surface area contributed by atoms with Crippen LogP contribution in [-0.4, -0.2) is 42.5 Å². The van der Waals surface area contributed by atoms with Crippen LogP contribution in [0.3, 0.4) is 0 Å². The quantitative estimate of drug-likeness (QED) is 0.784. The fourth-order valence-electron chi connectivity index (χ4n) is 4.85. The molecular formula is C24H32N2O3. The van der Waals surface area contributed by atoms with E-state index >= 15 is 0 Å². The molecule has 0 amide bonds. The summed E-state index contributed by atoms with van der Waals surface area (Å²) in [5.74, 6) is 1.78. The lowest BCUT2D eigenvalue weighted by molar-refractivity contribution is 0.0558. The Morgan fingerprint density at radius 2 is 2.00 bits per heavy atom. The van der Waals surface area contributed by atoms with Gasteiger partial charge in [-0.3, -0.25) is 4.98 Å². The number of aromatic nitrogens is 1. The van der Waals surface area contributed by atoms with Gasteiger partial charge in [0.1, 0.15) is 0 Å². The van der Waals surface area contributed by atoms with Gasteiger partial charge in [0.15, 0.2) is 11.5 Å². The minimum atomic E-state index is -0.435. The third-order valence-corrected chi connectivity index (χ3v) is 6.88. The summed E-state index contributed by atoms with van der Waals surface area (Å²) in [6.07, 6.45) is 8.21. The maximum atomic E-state index is 10.7. The molecule has 0 bridgehead atoms. The smallest absolute Gasteiger partial charge is 0.161 e. The molecule has 2 heterocycles. The summed E-state index contributed by atoms with van der Waals surface area (Å²) < 4.78 is 11.9. The highest BCUT2D eigenvalue weighted by Gasteiger charge is 2.47. The minimum absolute atomic E-state index is 0.180. The van der Waals surface area contributed by atoms with Gasteiger partial charge in [-0.2, -0.15) is 0 Å². The number of aliphatic hydroxyl groups excluding tert-OH is 1. The molecule has 29 heavy (non-hydrogen) atoms. The number of anilines is 1. The monoisotopic (exact) mass is 396 g/mol. The fraction of sp³-hybridized carbons (Fsp3) is 0.542. The van der Waals surface area contributed by atoms with Crippen molar-refractivity contribution in [1.29, 1.82) is 0 Å². The molecule has 0 spiro atoms. The van der Waals surface area contributed by atoms with E-state index in [-0.39, 0.29) is 17.4 Å². The van der Waals surface area contributed by atoms with Crippen molar-refractivity contribution >= 4 is 5.69 Å². The fourth-order valence-corrected chi connectivity index (χ4v) is 4.85. The zero-order valence-corrected chi connectivity index (χ0v) is 17.7. The Morgan fingerprint density at radius 3 is 2.66 bits per heavy atom. The normalized spacial score (nSPS) is 25.9. The highest BCUT2D eigenvalue weighted by molar-refractivity contribution is 5.50. The van der Waals surface area contributed by atoms with Crippen LogP contribution >= 0.6 is 0 Å². The number of hydrogen-bond donors (Lipinski definition) is 1. The van der Waals surface area contributed by atoms with E-state index < -0.39 is 6.10 Å². The highest BCUT2D eigenvalue weighted by atomic mass is 16.5. The topological polar surface area (TPSA) is 54.8 Å². The van der Waals surface area contributed by atoms with Gasteiger partial charge >= 0.3 is 0 Å². The number of hydrogen-bond acceptors (Lipinski definition) is 5. The number of nitrogens with zero attached hydrogens (tertiary/aromatic N) is 2. The number of rotatable bonds is 6. The van der Waals surface area contributed by atoms with E-state index in [2.05, 4.69) is 35.0 Å². The van der Waals surface area contributed by atoms with Gasteiger partial charge in [-0.25, -0.2) is 0 Å². The summed E-state index contributed by atoms with van der Waals surface area (Å²) in [6, 6.07) is 10.3. The van der Waals surface area contributed by atoms with Crippen molar-refractivity contribution in [3.05, 3.63) is 48.3 Å². The molecule has 1 aromatic heterocycles. The molecule has 2 aromatic rings. The Kier molecular flexibility index (Phi) is 5.68. The van der Waals surface area contributed by atoms with Crippen LogP contribution in [0.25, 0.3) is 0 Å². The van der Waals surface area contributed by atoms with Crippen molar-refractivity contribution in [2.75, 3.05) is 25.1 Å². The van der Waals surface area contributed by atoms with Crippen molar-refractivity contribution in [3.63, 3.8) is 0 Å². The molecule has 4 rings (SSSR count). The average Bonchev–Trinajstić information content (AvgIpc) is 3.37. The largest absolute Gasteiger partial charge is 0.493 e. The maximum absolute atomic E-state index is 10.7. The second-order valence-electron chi connectivity index (χ2n) is 8.76. The molecule has 1 aliphatic heterocycles. The van der Waals surface area contributed by atoms with E-state index in [9.17, 15) is 5.11 Å². The summed E-state index contributed by atoms with van der Waals surface area (Å²) in [5.41, 5.74) is 2.01. The Balaban J connectivity index is 1.65. The maximum Gasteiger partial charge on any atom is 0.161 e. The van der Waals surface area contributed by atoms with Crippen LogP contribution in [0, 0.1) is 5.41 Å². The number of ether oxygens (including phenoxy) is 2. The Morgan fingerprint density at radius 1 is 1.21 bits per heavy atom. The van der Waals surface area contributed by atoms with Crippen molar-refractivity contribution in [2.24, 2.45) is 5.41 Å². The second kappa shape index (κ2) is 8.23. The van der Waals surface area contributed by atoms with Gasteiger partial charge in [0.25, 0.3) is 0 Å². The van der Waals surface area contributed by atoms with Crippen molar-refractivity contribution < 1.29 is 14.6 Å². The molecule has 1 saturated carbocycles. The molecule has 0 radical (unpaired) electrons. The lowest BCUT2D eigenvalue weighted by Gasteiger charge is -2.34. The van der Waals surface area contributed by atoms with Crippen LogP contribution in [-0.2, 0) is 0 Å². The molecule has 1 N–H and O–H groups in total. The molecule has 156 valence electrons. The summed E-state index contributed by atoms with van der Waals surface area (Å²) in [4.78, 5) is 6.60. The first-order chi connectivity index (χ1) is 14.0. The van der Waals surface area contributed by atoms with Crippen molar-refractivity contribution in [3.8, 4) is 11.5 Å². The van der Waals surface area contributed by atoms with Crippen LogP contribution in [0.2, 0.25) is 0 Å². The molecule has 5 nitrogen and oxygen atoms in total. The van der Waals surface area contributed by atoms with Gasteiger partial charge in [-0.15, -0.1) is 0 Å². The third kappa shape index (κ3) is 3.93. The predicted octanol–water partition coefficient (Wildman–Crippen LogP) is 4.40. The lowest BCUT2D eigenvalue weighted by atomic mass is 9.72. The molecule has 2 aliphatic rings. The zero-order valence-electron chi connectivity index (χ0n) is 17.7. The van der Waals surface area contributed by atoms with E-state index in [1.807, 2.05) is 25.3 Å². The van der Waals surface area contributed by atoms with Gasteiger partial charge < -0.3 is 19.5 Å². The van der Waals surface area contributed by atoms with E-state index in [1.54, 1.807) is 13.3 Å². The number of pyridine rings is 1. The van der Waals surface area contributed by atoms with Gasteiger partial charge in [-0.05, 0) is 62.4 Å². The van der Waals surface area contributed by atoms with Crippen LogP contribution in [0.5, 0.6) is 11.5 Å². The Labute approximate surface area is 173 Å². The minimum Gasteiger partial charge on any atom is -0.493 e. The van der Waals surface area contributed by atoms with E-state index in [1.165, 1.54) is 18.4 Å². The molecule has 1 saturated heterocycles. The Hall–Kier alpha value is -2.27. The van der Waals surface area contributed by atoms with E-state index in [0.717, 1.165) is 43.1 Å². The second-order valence-corrected chi connectivity index (χ2v) is 8.76. The summed E-state index contributed by atoms with van der Waals surface area (Å²) >= 11 is 0. The van der Waals surface area contributed by atoms with E-state index in [0.29, 0.717) is 0 Å². The molecule has 5 heteroatoms. The summed E-state index contributed by atoms with van der Waals surface area (Å²) in [7, 11) is 1.69. The molecule has 3 atom stereocenters. The highest BCUT2D eigenvalue weighted by Crippen LogP contribution is 2.48. The zero-order chi connectivity index (χ0) is 20.4. The van der Waals surface area contributed by atoms with Crippen molar-refractivity contribution in [1.82, 2.24) is 4.98 Å². The standard InChI is InChI=1S/C24H32N2O3/c1-17(27)24(2)16-26(19-7-6-12-25-14-19)15-21(24)18-10-11-22(28-3)23(13-18)29-20-8-4-5-9-20/h6-7,10-14,17,20-21,27H,4-5,8-9,15-16H2,1-3H3/t17-,21-,24+/m1/s1. The van der Waals surface area contributed by atoms with Gasteiger partial charge in [0.2, 0.25) is 0 Å². The van der Waals surface area contributed by atoms with Crippen LogP contribution in [0.15, 0.2) is 42.7 Å². The Bertz CT molecular complexity index is 820. The molecule has 0 unspecified atom stereocenters. The summed E-state index contributed by atoms with van der Waals surface area (Å²) in [6.45, 7) is 5.70. The first-order valence-electron chi connectivity index (χ1n) is 10.7. The summed E-state index contributed by atoms with van der Waals surface area (Å²) in [5, 5.41) is 10.7. The number of aliphatic hydroxyl groups is 1. The van der Waals surface area contributed by atoms with E-state index in [4.69, 9.17) is 9.47 Å². The first-order valence-corrected chi connectivity index (χ1v) is 10.7. The third-order valence-electron chi connectivity index (χ3n) is 6.88. The number of methoxy groups -OCH3 is 1. The van der Waals surface area contributed by atoms with Gasteiger partial charge in [0, 0.05) is 30.6 Å². The van der Waals surface area contributed by atoms with Gasteiger partial charge in [-0.1, -0.05) is 13.0 Å². The van der Waals surface area contributed by atoms with Gasteiger partial charge in [0.05, 0.1) is 31.2 Å². The van der Waals surface area contributed by atoms with Crippen LogP contribution < -0.4 is 14.4 Å². The average molecular weight is 397 g/mol. The van der Waals surface area contributed by atoms with Crippen molar-refractivity contribution in [2.45, 2.75) is 57.7 Å². The first kappa shape index (κ1) is 20.0. The SMILES string of the molecule is COc1ccc([C@H]2CN(c3cccnc3)C[C@@]2(C)[C@@H](C)O)cc1OC1CCCC1. The van der Waals surface area contributed by atoms with Crippen LogP contribution in [0.1, 0.15) is 51.0 Å². The lowest BCUT2D eigenvalue weighted by Crippen LogP contribution is -2.37.